The lowest BCUT2D eigenvalue weighted by atomic mass is 10.1. The van der Waals surface area contributed by atoms with Gasteiger partial charge in [0.15, 0.2) is 9.84 Å². The number of nitrogens with one attached hydrogen (secondary N) is 2. The van der Waals surface area contributed by atoms with E-state index in [2.05, 4.69) is 10.6 Å². The van der Waals surface area contributed by atoms with E-state index in [1.807, 2.05) is 6.07 Å². The first-order valence-corrected chi connectivity index (χ1v) is 11.2. The van der Waals surface area contributed by atoms with Gasteiger partial charge in [-0.2, -0.15) is 0 Å². The van der Waals surface area contributed by atoms with Crippen molar-refractivity contribution in [2.24, 2.45) is 5.73 Å². The zero-order valence-electron chi connectivity index (χ0n) is 16.7. The maximum atomic E-state index is 12.3. The van der Waals surface area contributed by atoms with Gasteiger partial charge in [0, 0.05) is 18.5 Å². The van der Waals surface area contributed by atoms with Crippen molar-refractivity contribution in [3.05, 3.63) is 71.3 Å². The van der Waals surface area contributed by atoms with Crippen molar-refractivity contribution < 1.29 is 27.6 Å². The molecule has 9 nitrogen and oxygen atoms in total. The van der Waals surface area contributed by atoms with Crippen LogP contribution in [0.3, 0.4) is 0 Å². The summed E-state index contributed by atoms with van der Waals surface area (Å²) in [5.41, 5.74) is 6.41. The second kappa shape index (κ2) is 11.0. The molecule has 0 aliphatic heterocycles. The number of amides is 3. The Hall–Kier alpha value is -3.53. The number of benzene rings is 2. The maximum absolute atomic E-state index is 12.3. The van der Waals surface area contributed by atoms with Crippen molar-refractivity contribution in [1.82, 2.24) is 10.6 Å². The average Bonchev–Trinajstić information content (AvgIpc) is 2.75. The summed E-state index contributed by atoms with van der Waals surface area (Å²) < 4.78 is 24.6. The Morgan fingerprint density at radius 3 is 2.19 bits per heavy atom. The zero-order chi connectivity index (χ0) is 22.9. The van der Waals surface area contributed by atoms with Crippen LogP contribution in [0.1, 0.15) is 27.9 Å². The number of carbonyl (C=O) groups is 4. The molecular weight excluding hydrogens is 422 g/mol. The highest BCUT2D eigenvalue weighted by Crippen LogP contribution is 2.13. The summed E-state index contributed by atoms with van der Waals surface area (Å²) in [5, 5.41) is 4.69. The molecule has 3 amide bonds. The highest BCUT2D eigenvalue weighted by Gasteiger charge is 2.19. The predicted octanol–water partition coefficient (Wildman–Crippen LogP) is 0.0921. The van der Waals surface area contributed by atoms with Crippen molar-refractivity contribution in [1.29, 1.82) is 0 Å². The van der Waals surface area contributed by atoms with Crippen LogP contribution in [-0.4, -0.2) is 44.2 Å². The van der Waals surface area contributed by atoms with Gasteiger partial charge in [-0.25, -0.2) is 8.42 Å². The van der Waals surface area contributed by atoms with E-state index in [1.165, 1.54) is 12.1 Å². The third-order valence-corrected chi connectivity index (χ3v) is 5.87. The third-order valence-electron chi connectivity index (χ3n) is 4.29. The van der Waals surface area contributed by atoms with Crippen LogP contribution in [0.5, 0.6) is 0 Å². The summed E-state index contributed by atoms with van der Waals surface area (Å²) in [4.78, 5) is 46.9. The van der Waals surface area contributed by atoms with E-state index in [4.69, 9.17) is 5.73 Å². The molecule has 0 unspecified atom stereocenters. The van der Waals surface area contributed by atoms with Gasteiger partial charge in [0.1, 0.15) is 0 Å². The van der Waals surface area contributed by atoms with Gasteiger partial charge in [-0.1, -0.05) is 48.5 Å². The summed E-state index contributed by atoms with van der Waals surface area (Å²) in [6, 6.07) is 15.0. The minimum atomic E-state index is -3.71. The SMILES string of the molecule is NC(=O)c1ccccc1CS(=O)(=O)CCC(=O)NCC(=O)C(=O)NCc1ccccc1. The molecule has 10 heteroatoms. The Labute approximate surface area is 179 Å². The maximum Gasteiger partial charge on any atom is 0.289 e. The standard InChI is InChI=1S/C21H23N3O6S/c22-20(27)17-9-5-4-8-16(17)14-31(29,30)11-10-19(26)23-13-18(25)21(28)24-12-15-6-2-1-3-7-15/h1-9H,10-14H2,(H2,22,27)(H,23,26)(H,24,28). The number of Topliss-reactive ketones (excluding diaryl/α,β-unsaturated/α-hetero) is 1. The minimum absolute atomic E-state index is 0.0997. The highest BCUT2D eigenvalue weighted by atomic mass is 32.2. The van der Waals surface area contributed by atoms with Gasteiger partial charge in [-0.15, -0.1) is 0 Å². The molecule has 31 heavy (non-hydrogen) atoms. The minimum Gasteiger partial charge on any atom is -0.366 e. The number of carbonyl (C=O) groups excluding carboxylic acids is 4. The smallest absolute Gasteiger partial charge is 0.289 e. The van der Waals surface area contributed by atoms with Gasteiger partial charge in [-0.05, 0) is 17.2 Å². The first kappa shape index (κ1) is 23.7. The van der Waals surface area contributed by atoms with E-state index in [0.29, 0.717) is 0 Å². The summed E-state index contributed by atoms with van der Waals surface area (Å²) in [6.07, 6.45) is -0.389. The van der Waals surface area contributed by atoms with Crippen molar-refractivity contribution in [2.45, 2.75) is 18.7 Å². The van der Waals surface area contributed by atoms with Gasteiger partial charge in [-0.3, -0.25) is 19.2 Å². The van der Waals surface area contributed by atoms with Crippen molar-refractivity contribution in [3.63, 3.8) is 0 Å². The quantitative estimate of drug-likeness (QED) is 0.417. The average molecular weight is 445 g/mol. The molecule has 4 N–H and O–H groups in total. The number of hydrogen-bond acceptors (Lipinski definition) is 6. The van der Waals surface area contributed by atoms with Gasteiger partial charge in [0.25, 0.3) is 5.91 Å². The summed E-state index contributed by atoms with van der Waals surface area (Å²) >= 11 is 0. The molecular formula is C21H23N3O6S. The van der Waals surface area contributed by atoms with Crippen LogP contribution in [-0.2, 0) is 36.5 Å². The first-order valence-electron chi connectivity index (χ1n) is 9.38. The van der Waals surface area contributed by atoms with E-state index in [1.54, 1.807) is 36.4 Å². The molecule has 0 aliphatic rings. The number of hydrogen-bond donors (Lipinski definition) is 3. The van der Waals surface area contributed by atoms with E-state index >= 15 is 0 Å². The number of rotatable bonds is 11. The molecule has 0 spiro atoms. The van der Waals surface area contributed by atoms with Crippen molar-refractivity contribution in [2.75, 3.05) is 12.3 Å². The molecule has 0 aliphatic carbocycles. The molecule has 2 aromatic carbocycles. The Morgan fingerprint density at radius 1 is 0.871 bits per heavy atom. The lowest BCUT2D eigenvalue weighted by Gasteiger charge is -2.09. The van der Waals surface area contributed by atoms with Crippen LogP contribution < -0.4 is 16.4 Å². The molecule has 0 heterocycles. The molecule has 2 aromatic rings. The zero-order valence-corrected chi connectivity index (χ0v) is 17.5. The Balaban J connectivity index is 1.77. The van der Waals surface area contributed by atoms with Crippen molar-refractivity contribution >= 4 is 33.3 Å². The fourth-order valence-corrected chi connectivity index (χ4v) is 4.03. The van der Waals surface area contributed by atoms with E-state index in [-0.39, 0.29) is 24.1 Å². The summed E-state index contributed by atoms with van der Waals surface area (Å²) in [6.45, 7) is -0.367. The van der Waals surface area contributed by atoms with Crippen LogP contribution in [0, 0.1) is 0 Å². The molecule has 0 saturated carbocycles. The molecule has 164 valence electrons. The third kappa shape index (κ3) is 8.01. The number of ketones is 1. The van der Waals surface area contributed by atoms with E-state index < -0.39 is 51.4 Å². The van der Waals surface area contributed by atoms with Gasteiger partial charge in [0.05, 0.1) is 18.1 Å². The number of sulfone groups is 1. The molecule has 0 fully saturated rings. The molecule has 0 bridgehead atoms. The van der Waals surface area contributed by atoms with Crippen LogP contribution in [0.4, 0.5) is 0 Å². The first-order chi connectivity index (χ1) is 14.7. The van der Waals surface area contributed by atoms with E-state index in [9.17, 15) is 27.6 Å². The second-order valence-corrected chi connectivity index (χ2v) is 8.92. The normalized spacial score (nSPS) is 10.8. The Kier molecular flexibility index (Phi) is 8.44. The lowest BCUT2D eigenvalue weighted by Crippen LogP contribution is -2.39. The molecule has 0 radical (unpaired) electrons. The number of primary amides is 1. The van der Waals surface area contributed by atoms with Crippen LogP contribution in [0.2, 0.25) is 0 Å². The molecule has 0 aromatic heterocycles. The van der Waals surface area contributed by atoms with E-state index in [0.717, 1.165) is 5.56 Å². The Morgan fingerprint density at radius 2 is 1.52 bits per heavy atom. The predicted molar refractivity (Wildman–Crippen MR) is 113 cm³/mol. The monoisotopic (exact) mass is 445 g/mol. The summed E-state index contributed by atoms with van der Waals surface area (Å²) in [7, 11) is -3.71. The van der Waals surface area contributed by atoms with Gasteiger partial charge < -0.3 is 16.4 Å². The summed E-state index contributed by atoms with van der Waals surface area (Å²) in [5.74, 6) is -4.05. The fourth-order valence-electron chi connectivity index (χ4n) is 2.67. The van der Waals surface area contributed by atoms with Crippen LogP contribution in [0.25, 0.3) is 0 Å². The molecule has 0 saturated heterocycles. The van der Waals surface area contributed by atoms with Gasteiger partial charge >= 0.3 is 0 Å². The largest absolute Gasteiger partial charge is 0.366 e. The fraction of sp³-hybridized carbons (Fsp3) is 0.238. The highest BCUT2D eigenvalue weighted by molar-refractivity contribution is 7.90. The topological polar surface area (TPSA) is 152 Å². The van der Waals surface area contributed by atoms with Crippen LogP contribution in [0.15, 0.2) is 54.6 Å². The van der Waals surface area contributed by atoms with Crippen molar-refractivity contribution in [3.8, 4) is 0 Å². The molecule has 0 atom stereocenters. The van der Waals surface area contributed by atoms with Gasteiger partial charge in [0.2, 0.25) is 17.6 Å². The van der Waals surface area contributed by atoms with Crippen LogP contribution >= 0.6 is 0 Å². The second-order valence-electron chi connectivity index (χ2n) is 6.73. The lowest BCUT2D eigenvalue weighted by molar-refractivity contribution is -0.138. The number of nitrogens with two attached hydrogens (primary N) is 1. The Bertz CT molecular complexity index is 1070. The molecule has 2 rings (SSSR count).